The van der Waals surface area contributed by atoms with Gasteiger partial charge in [0.15, 0.2) is 0 Å². The van der Waals surface area contributed by atoms with E-state index in [1.165, 1.54) is 4.31 Å². The molecule has 2 heterocycles. The first-order chi connectivity index (χ1) is 11.4. The summed E-state index contributed by atoms with van der Waals surface area (Å²) < 4.78 is 32.8. The standard InChI is InChI=1S/C16H22N4O3S/c1-12(2)15-17-18-16(23-15)19-8-10-20(11-9-19)24(21,22)14-7-5-4-6-13(14)3/h4-7,12H,8-11H2,1-3H3. The summed E-state index contributed by atoms with van der Waals surface area (Å²) in [5.74, 6) is 0.772. The zero-order valence-corrected chi connectivity index (χ0v) is 15.0. The first-order valence-corrected chi connectivity index (χ1v) is 9.47. The van der Waals surface area contributed by atoms with Crippen LogP contribution in [0, 0.1) is 6.92 Å². The fourth-order valence-corrected chi connectivity index (χ4v) is 4.34. The topological polar surface area (TPSA) is 79.5 Å². The van der Waals surface area contributed by atoms with Crippen molar-refractivity contribution in [3.63, 3.8) is 0 Å². The van der Waals surface area contributed by atoms with Gasteiger partial charge in [-0.25, -0.2) is 8.42 Å². The third-order valence-corrected chi connectivity index (χ3v) is 6.20. The lowest BCUT2D eigenvalue weighted by Crippen LogP contribution is -2.48. The van der Waals surface area contributed by atoms with Crippen molar-refractivity contribution in [2.75, 3.05) is 31.1 Å². The molecule has 3 rings (SSSR count). The average Bonchev–Trinajstić information content (AvgIpc) is 3.05. The van der Waals surface area contributed by atoms with Crippen LogP contribution in [-0.4, -0.2) is 49.1 Å². The number of hydrogen-bond donors (Lipinski definition) is 0. The molecule has 24 heavy (non-hydrogen) atoms. The molecule has 2 aromatic rings. The zero-order valence-electron chi connectivity index (χ0n) is 14.1. The number of benzene rings is 1. The summed E-state index contributed by atoms with van der Waals surface area (Å²) in [6.45, 7) is 7.66. The zero-order chi connectivity index (χ0) is 17.3. The summed E-state index contributed by atoms with van der Waals surface area (Å²) in [6, 6.07) is 7.53. The highest BCUT2D eigenvalue weighted by Gasteiger charge is 2.31. The Balaban J connectivity index is 1.71. The van der Waals surface area contributed by atoms with Crippen molar-refractivity contribution in [3.8, 4) is 0 Å². The number of piperazine rings is 1. The van der Waals surface area contributed by atoms with E-state index in [2.05, 4.69) is 10.2 Å². The predicted octanol–water partition coefficient (Wildman–Crippen LogP) is 2.01. The third kappa shape index (κ3) is 3.16. The number of hydrogen-bond acceptors (Lipinski definition) is 6. The number of rotatable bonds is 4. The molecule has 0 bridgehead atoms. The summed E-state index contributed by atoms with van der Waals surface area (Å²) in [4.78, 5) is 2.31. The molecule has 130 valence electrons. The Bertz CT molecular complexity index is 808. The Morgan fingerprint density at radius 1 is 1.08 bits per heavy atom. The van der Waals surface area contributed by atoms with Gasteiger partial charge in [0.25, 0.3) is 0 Å². The second-order valence-electron chi connectivity index (χ2n) is 6.23. The molecule has 0 amide bonds. The molecule has 0 aliphatic carbocycles. The molecule has 1 aliphatic heterocycles. The van der Waals surface area contributed by atoms with Gasteiger partial charge in [-0.3, -0.25) is 0 Å². The normalized spacial score (nSPS) is 16.8. The van der Waals surface area contributed by atoms with Gasteiger partial charge in [0, 0.05) is 32.1 Å². The lowest BCUT2D eigenvalue weighted by Gasteiger charge is -2.33. The molecule has 0 atom stereocenters. The van der Waals surface area contributed by atoms with E-state index in [9.17, 15) is 8.42 Å². The molecule has 1 fully saturated rings. The van der Waals surface area contributed by atoms with Crippen molar-refractivity contribution in [2.45, 2.75) is 31.6 Å². The molecule has 1 aliphatic rings. The fourth-order valence-electron chi connectivity index (χ4n) is 2.69. The molecule has 0 spiro atoms. The van der Waals surface area contributed by atoms with Gasteiger partial charge in [-0.05, 0) is 18.6 Å². The molecule has 0 N–H and O–H groups in total. The fraction of sp³-hybridized carbons (Fsp3) is 0.500. The highest BCUT2D eigenvalue weighted by Crippen LogP contribution is 2.23. The number of aromatic nitrogens is 2. The summed E-state index contributed by atoms with van der Waals surface area (Å²) in [5.41, 5.74) is 0.762. The Labute approximate surface area is 142 Å². The van der Waals surface area contributed by atoms with Gasteiger partial charge in [-0.2, -0.15) is 4.31 Å². The van der Waals surface area contributed by atoms with Crippen LogP contribution in [-0.2, 0) is 10.0 Å². The van der Waals surface area contributed by atoms with Crippen LogP contribution >= 0.6 is 0 Å². The number of sulfonamides is 1. The molecule has 0 unspecified atom stereocenters. The van der Waals surface area contributed by atoms with Crippen molar-refractivity contribution in [1.29, 1.82) is 0 Å². The second-order valence-corrected chi connectivity index (χ2v) is 8.14. The quantitative estimate of drug-likeness (QED) is 0.839. The van der Waals surface area contributed by atoms with Crippen LogP contribution in [0.2, 0.25) is 0 Å². The van der Waals surface area contributed by atoms with Crippen molar-refractivity contribution < 1.29 is 12.8 Å². The molecular weight excluding hydrogens is 328 g/mol. The average molecular weight is 350 g/mol. The van der Waals surface area contributed by atoms with Gasteiger partial charge in [-0.15, -0.1) is 5.10 Å². The van der Waals surface area contributed by atoms with Crippen molar-refractivity contribution in [1.82, 2.24) is 14.5 Å². The van der Waals surface area contributed by atoms with E-state index >= 15 is 0 Å². The maximum Gasteiger partial charge on any atom is 0.318 e. The van der Waals surface area contributed by atoms with Crippen molar-refractivity contribution in [2.24, 2.45) is 0 Å². The largest absolute Gasteiger partial charge is 0.408 e. The van der Waals surface area contributed by atoms with Crippen molar-refractivity contribution in [3.05, 3.63) is 35.7 Å². The number of aryl methyl sites for hydroxylation is 1. The Hall–Kier alpha value is -1.93. The van der Waals surface area contributed by atoms with Crippen LogP contribution in [0.1, 0.15) is 31.2 Å². The van der Waals surface area contributed by atoms with Crippen LogP contribution in [0.25, 0.3) is 0 Å². The minimum atomic E-state index is -3.47. The van der Waals surface area contributed by atoms with Gasteiger partial charge in [0.2, 0.25) is 15.9 Å². The van der Waals surface area contributed by atoms with Gasteiger partial charge in [-0.1, -0.05) is 37.1 Å². The number of nitrogens with zero attached hydrogens (tertiary/aromatic N) is 4. The van der Waals surface area contributed by atoms with Crippen LogP contribution in [0.15, 0.2) is 33.6 Å². The molecule has 0 saturated carbocycles. The van der Waals surface area contributed by atoms with E-state index in [1.807, 2.05) is 37.8 Å². The summed E-state index contributed by atoms with van der Waals surface area (Å²) in [6.07, 6.45) is 0. The van der Waals surface area contributed by atoms with Gasteiger partial charge < -0.3 is 9.32 Å². The van der Waals surface area contributed by atoms with E-state index in [0.29, 0.717) is 43.0 Å². The summed E-state index contributed by atoms with van der Waals surface area (Å²) in [5, 5.41) is 8.09. The predicted molar refractivity (Wildman–Crippen MR) is 90.5 cm³/mol. The molecule has 1 saturated heterocycles. The van der Waals surface area contributed by atoms with Crippen molar-refractivity contribution >= 4 is 16.0 Å². The van der Waals surface area contributed by atoms with E-state index in [4.69, 9.17) is 4.42 Å². The van der Waals surface area contributed by atoms with Crippen LogP contribution in [0.3, 0.4) is 0 Å². The van der Waals surface area contributed by atoms with E-state index < -0.39 is 10.0 Å². The van der Waals surface area contributed by atoms with Gasteiger partial charge >= 0.3 is 6.01 Å². The molecule has 0 radical (unpaired) electrons. The minimum absolute atomic E-state index is 0.175. The van der Waals surface area contributed by atoms with Crippen LogP contribution in [0.4, 0.5) is 6.01 Å². The monoisotopic (exact) mass is 350 g/mol. The van der Waals surface area contributed by atoms with Crippen LogP contribution in [0.5, 0.6) is 0 Å². The van der Waals surface area contributed by atoms with Gasteiger partial charge in [0.1, 0.15) is 0 Å². The maximum atomic E-state index is 12.8. The molecule has 7 nitrogen and oxygen atoms in total. The lowest BCUT2D eigenvalue weighted by molar-refractivity contribution is 0.367. The highest BCUT2D eigenvalue weighted by atomic mass is 32.2. The number of anilines is 1. The summed E-state index contributed by atoms with van der Waals surface area (Å²) in [7, 11) is -3.47. The lowest BCUT2D eigenvalue weighted by atomic mass is 10.2. The van der Waals surface area contributed by atoms with E-state index in [-0.39, 0.29) is 5.92 Å². The third-order valence-electron chi connectivity index (χ3n) is 4.14. The smallest absolute Gasteiger partial charge is 0.318 e. The van der Waals surface area contributed by atoms with Gasteiger partial charge in [0.05, 0.1) is 4.90 Å². The first-order valence-electron chi connectivity index (χ1n) is 8.03. The molecule has 8 heteroatoms. The molecule has 1 aromatic carbocycles. The van der Waals surface area contributed by atoms with E-state index in [1.54, 1.807) is 12.1 Å². The molecule has 1 aromatic heterocycles. The first kappa shape index (κ1) is 16.9. The maximum absolute atomic E-state index is 12.8. The Kier molecular flexibility index (Phi) is 4.60. The van der Waals surface area contributed by atoms with E-state index in [0.717, 1.165) is 5.56 Å². The van der Waals surface area contributed by atoms with Crippen LogP contribution < -0.4 is 4.90 Å². The SMILES string of the molecule is Cc1ccccc1S(=O)(=O)N1CCN(c2nnc(C(C)C)o2)CC1. The second kappa shape index (κ2) is 6.52. The minimum Gasteiger partial charge on any atom is -0.408 e. The molecular formula is C16H22N4O3S. The Morgan fingerprint density at radius 3 is 2.33 bits per heavy atom. The highest BCUT2D eigenvalue weighted by molar-refractivity contribution is 7.89. The summed E-state index contributed by atoms with van der Waals surface area (Å²) >= 11 is 0. The Morgan fingerprint density at radius 2 is 1.75 bits per heavy atom.